The van der Waals surface area contributed by atoms with Gasteiger partial charge < -0.3 is 20.2 Å². The van der Waals surface area contributed by atoms with Crippen LogP contribution in [0.2, 0.25) is 0 Å². The van der Waals surface area contributed by atoms with Crippen molar-refractivity contribution in [2.75, 3.05) is 30.9 Å². The van der Waals surface area contributed by atoms with Gasteiger partial charge in [-0.3, -0.25) is 4.79 Å². The van der Waals surface area contributed by atoms with Crippen molar-refractivity contribution in [3.63, 3.8) is 0 Å². The average Bonchev–Trinajstić information content (AvgIpc) is 3.34. The molecule has 4 aromatic rings. The molecule has 0 fully saturated rings. The van der Waals surface area contributed by atoms with Gasteiger partial charge in [0.15, 0.2) is 5.13 Å². The van der Waals surface area contributed by atoms with Crippen molar-refractivity contribution in [3.8, 4) is 10.6 Å². The average molecular weight is 503 g/mol. The predicted molar refractivity (Wildman–Crippen MR) is 141 cm³/mol. The van der Waals surface area contributed by atoms with E-state index in [1.54, 1.807) is 50.8 Å². The molecule has 0 saturated heterocycles. The number of aromatic carboxylic acids is 1. The number of thiazole rings is 1. The number of aromatic nitrogens is 3. The van der Waals surface area contributed by atoms with Crippen LogP contribution < -0.4 is 10.2 Å². The molecule has 0 atom stereocenters. The lowest BCUT2D eigenvalue weighted by atomic mass is 10.1. The summed E-state index contributed by atoms with van der Waals surface area (Å²) in [7, 11) is 3.42. The summed E-state index contributed by atoms with van der Waals surface area (Å²) in [6.07, 6.45) is 3.49. The number of amides is 1. The quantitative estimate of drug-likeness (QED) is 0.345. The molecule has 1 aromatic carbocycles. The van der Waals surface area contributed by atoms with Crippen LogP contribution in [0.4, 0.5) is 16.8 Å². The number of carboxylic acids is 1. The van der Waals surface area contributed by atoms with Gasteiger partial charge in [0, 0.05) is 33.0 Å². The van der Waals surface area contributed by atoms with E-state index in [4.69, 9.17) is 10.1 Å². The Kier molecular flexibility index (Phi) is 7.55. The highest BCUT2D eigenvalue weighted by Crippen LogP contribution is 2.32. The number of pyridine rings is 2. The maximum Gasteiger partial charge on any atom is 0.335 e. The summed E-state index contributed by atoms with van der Waals surface area (Å²) >= 11 is 1.44. The van der Waals surface area contributed by atoms with E-state index in [1.165, 1.54) is 16.2 Å². The number of rotatable bonds is 9. The van der Waals surface area contributed by atoms with E-state index in [9.17, 15) is 9.59 Å². The molecule has 9 nitrogen and oxygen atoms in total. The van der Waals surface area contributed by atoms with Gasteiger partial charge in [0.25, 0.3) is 0 Å². The van der Waals surface area contributed by atoms with E-state index in [2.05, 4.69) is 15.3 Å². The molecular weight excluding hydrogens is 476 g/mol. The number of hydrogen-bond acceptors (Lipinski definition) is 8. The molecule has 10 heteroatoms. The fourth-order valence-electron chi connectivity index (χ4n) is 3.38. The van der Waals surface area contributed by atoms with Crippen LogP contribution in [0.25, 0.3) is 10.6 Å². The number of hydrogen-bond donors (Lipinski definition) is 2. The second-order valence-corrected chi connectivity index (χ2v) is 9.41. The zero-order valence-electron chi connectivity index (χ0n) is 20.2. The van der Waals surface area contributed by atoms with Crippen molar-refractivity contribution in [2.45, 2.75) is 13.5 Å². The molecule has 0 unspecified atom stereocenters. The Balaban J connectivity index is 1.57. The Bertz CT molecular complexity index is 1370. The van der Waals surface area contributed by atoms with Crippen molar-refractivity contribution in [1.82, 2.24) is 19.9 Å². The summed E-state index contributed by atoms with van der Waals surface area (Å²) in [4.78, 5) is 41.6. The van der Waals surface area contributed by atoms with Crippen LogP contribution in [0.1, 0.15) is 21.5 Å². The van der Waals surface area contributed by atoms with Crippen LogP contribution in [0, 0.1) is 6.92 Å². The standard InChI is InChI=1S/C26H26N6O3S/c1-17-11-12-27-23(13-17)30-22-6-4-5-20(29-22)21-14-28-26(36-21)32(16-24(33)31(2)3)15-18-7-9-19(10-8-18)25(34)35/h4-14H,15-16H2,1-3H3,(H,34,35)(H,27,29,30). The number of nitrogens with zero attached hydrogens (tertiary/aromatic N) is 5. The first-order valence-electron chi connectivity index (χ1n) is 11.2. The highest BCUT2D eigenvalue weighted by Gasteiger charge is 2.18. The summed E-state index contributed by atoms with van der Waals surface area (Å²) in [5, 5.41) is 13.1. The minimum absolute atomic E-state index is 0.0658. The van der Waals surface area contributed by atoms with Crippen molar-refractivity contribution in [3.05, 3.63) is 83.7 Å². The minimum Gasteiger partial charge on any atom is -0.478 e. The number of carbonyl (C=O) groups excluding carboxylic acids is 1. The highest BCUT2D eigenvalue weighted by molar-refractivity contribution is 7.18. The molecule has 2 N–H and O–H groups in total. The first-order valence-corrected chi connectivity index (χ1v) is 12.0. The van der Waals surface area contributed by atoms with Gasteiger partial charge in [0.2, 0.25) is 5.91 Å². The van der Waals surface area contributed by atoms with Gasteiger partial charge >= 0.3 is 5.97 Å². The van der Waals surface area contributed by atoms with Crippen LogP contribution in [0.3, 0.4) is 0 Å². The third-order valence-electron chi connectivity index (χ3n) is 5.34. The van der Waals surface area contributed by atoms with Gasteiger partial charge in [-0.1, -0.05) is 29.5 Å². The first kappa shape index (κ1) is 24.8. The summed E-state index contributed by atoms with van der Waals surface area (Å²) in [5.74, 6) is 0.336. The number of benzene rings is 1. The molecule has 184 valence electrons. The normalized spacial score (nSPS) is 10.6. The number of likely N-dealkylation sites (N-methyl/N-ethyl adjacent to an activating group) is 1. The second-order valence-electron chi connectivity index (χ2n) is 8.40. The molecule has 0 bridgehead atoms. The molecule has 36 heavy (non-hydrogen) atoms. The third-order valence-corrected chi connectivity index (χ3v) is 6.42. The largest absolute Gasteiger partial charge is 0.478 e. The lowest BCUT2D eigenvalue weighted by Crippen LogP contribution is -2.36. The lowest BCUT2D eigenvalue weighted by molar-refractivity contribution is -0.127. The van der Waals surface area contributed by atoms with Crippen molar-refractivity contribution in [2.24, 2.45) is 0 Å². The Labute approximate surface area is 213 Å². The van der Waals surface area contributed by atoms with Crippen LogP contribution >= 0.6 is 11.3 Å². The zero-order chi connectivity index (χ0) is 25.7. The molecule has 3 aromatic heterocycles. The zero-order valence-corrected chi connectivity index (χ0v) is 21.0. The molecule has 3 heterocycles. The number of anilines is 3. The van der Waals surface area contributed by atoms with Crippen LogP contribution in [-0.4, -0.2) is 57.5 Å². The van der Waals surface area contributed by atoms with Gasteiger partial charge in [-0.2, -0.15) is 0 Å². The monoisotopic (exact) mass is 502 g/mol. The first-order chi connectivity index (χ1) is 17.3. The molecule has 1 amide bonds. The SMILES string of the molecule is Cc1ccnc(Nc2cccc(-c3cnc(N(CC(=O)N(C)C)Cc4ccc(C(=O)O)cc4)s3)n2)c1. The molecule has 0 aliphatic heterocycles. The summed E-state index contributed by atoms with van der Waals surface area (Å²) in [5.41, 5.74) is 2.94. The summed E-state index contributed by atoms with van der Waals surface area (Å²) in [6, 6.07) is 16.2. The van der Waals surface area contributed by atoms with Crippen LogP contribution in [-0.2, 0) is 11.3 Å². The maximum absolute atomic E-state index is 12.5. The third kappa shape index (κ3) is 6.22. The molecule has 0 spiro atoms. The lowest BCUT2D eigenvalue weighted by Gasteiger charge is -2.23. The Morgan fingerprint density at radius 2 is 1.81 bits per heavy atom. The van der Waals surface area contributed by atoms with Gasteiger partial charge in [-0.25, -0.2) is 19.7 Å². The van der Waals surface area contributed by atoms with Crippen molar-refractivity contribution >= 4 is 40.0 Å². The van der Waals surface area contributed by atoms with Gasteiger partial charge in [0.05, 0.1) is 22.7 Å². The maximum atomic E-state index is 12.5. The number of nitrogens with one attached hydrogen (secondary N) is 1. The van der Waals surface area contributed by atoms with E-state index in [0.717, 1.165) is 21.7 Å². The fourth-order valence-corrected chi connectivity index (χ4v) is 4.26. The molecule has 0 aliphatic carbocycles. The van der Waals surface area contributed by atoms with E-state index in [0.29, 0.717) is 23.3 Å². The van der Waals surface area contributed by atoms with E-state index in [1.807, 2.05) is 42.2 Å². The highest BCUT2D eigenvalue weighted by atomic mass is 32.1. The summed E-state index contributed by atoms with van der Waals surface area (Å²) < 4.78 is 0. The van der Waals surface area contributed by atoms with Gasteiger partial charge in [-0.15, -0.1) is 0 Å². The minimum atomic E-state index is -0.979. The van der Waals surface area contributed by atoms with Crippen LogP contribution in [0.5, 0.6) is 0 Å². The Morgan fingerprint density at radius 1 is 1.03 bits per heavy atom. The smallest absolute Gasteiger partial charge is 0.335 e. The predicted octanol–water partition coefficient (Wildman–Crippen LogP) is 4.45. The van der Waals surface area contributed by atoms with Crippen molar-refractivity contribution in [1.29, 1.82) is 0 Å². The van der Waals surface area contributed by atoms with Crippen LogP contribution in [0.15, 0.2) is 67.0 Å². The number of carboxylic acid groups (broad SMARTS) is 1. The van der Waals surface area contributed by atoms with E-state index in [-0.39, 0.29) is 18.0 Å². The van der Waals surface area contributed by atoms with Crippen molar-refractivity contribution < 1.29 is 14.7 Å². The molecule has 0 aliphatic rings. The van der Waals surface area contributed by atoms with E-state index < -0.39 is 5.97 Å². The fraction of sp³-hybridized carbons (Fsp3) is 0.192. The molecule has 0 radical (unpaired) electrons. The topological polar surface area (TPSA) is 112 Å². The van der Waals surface area contributed by atoms with E-state index >= 15 is 0 Å². The molecule has 0 saturated carbocycles. The molecule has 4 rings (SSSR count). The van der Waals surface area contributed by atoms with Gasteiger partial charge in [0.1, 0.15) is 11.6 Å². The number of carbonyl (C=O) groups is 2. The second kappa shape index (κ2) is 11.0. The Morgan fingerprint density at radius 3 is 2.50 bits per heavy atom. The van der Waals surface area contributed by atoms with Gasteiger partial charge in [-0.05, 0) is 54.4 Å². The number of aryl methyl sites for hydroxylation is 1. The summed E-state index contributed by atoms with van der Waals surface area (Å²) in [6.45, 7) is 2.54. The molecular formula is C26H26N6O3S. The Hall–Kier alpha value is -4.31.